The fourth-order valence-corrected chi connectivity index (χ4v) is 1.72. The molecule has 84 valence electrons. The molecule has 0 aromatic heterocycles. The van der Waals surface area contributed by atoms with Crippen LogP contribution in [0, 0.1) is 0 Å². The predicted octanol–water partition coefficient (Wildman–Crippen LogP) is 4.15. The molecule has 0 atom stereocenters. The SMILES string of the molecule is O=C(/C(Cl)=C\c1ccccc1)c1ccccc1. The lowest BCUT2D eigenvalue weighted by Gasteiger charge is -1.99. The van der Waals surface area contributed by atoms with Gasteiger partial charge in [-0.25, -0.2) is 0 Å². The molecular formula is C15H11ClO. The Labute approximate surface area is 105 Å². The van der Waals surface area contributed by atoms with Crippen LogP contribution in [0.15, 0.2) is 65.7 Å². The number of hydrogen-bond donors (Lipinski definition) is 0. The second-order valence-corrected chi connectivity index (χ2v) is 4.01. The molecule has 2 aromatic rings. The zero-order valence-electron chi connectivity index (χ0n) is 9.14. The van der Waals surface area contributed by atoms with Gasteiger partial charge in [-0.1, -0.05) is 72.3 Å². The van der Waals surface area contributed by atoms with Gasteiger partial charge >= 0.3 is 0 Å². The van der Waals surface area contributed by atoms with Gasteiger partial charge in [-0.3, -0.25) is 4.79 Å². The molecule has 0 aliphatic carbocycles. The van der Waals surface area contributed by atoms with Crippen LogP contribution >= 0.6 is 11.6 Å². The summed E-state index contributed by atoms with van der Waals surface area (Å²) < 4.78 is 0. The molecule has 1 nitrogen and oxygen atoms in total. The summed E-state index contributed by atoms with van der Waals surface area (Å²) in [4.78, 5) is 11.9. The van der Waals surface area contributed by atoms with Gasteiger partial charge in [0, 0.05) is 5.56 Å². The maximum absolute atomic E-state index is 11.9. The molecule has 2 rings (SSSR count). The van der Waals surface area contributed by atoms with E-state index in [-0.39, 0.29) is 10.8 Å². The van der Waals surface area contributed by atoms with E-state index in [1.807, 2.05) is 48.5 Å². The molecule has 0 aliphatic rings. The molecule has 0 heterocycles. The van der Waals surface area contributed by atoms with Crippen molar-refractivity contribution in [1.82, 2.24) is 0 Å². The van der Waals surface area contributed by atoms with E-state index >= 15 is 0 Å². The van der Waals surface area contributed by atoms with E-state index < -0.39 is 0 Å². The van der Waals surface area contributed by atoms with Crippen molar-refractivity contribution < 1.29 is 4.79 Å². The van der Waals surface area contributed by atoms with Crippen LogP contribution in [0.5, 0.6) is 0 Å². The summed E-state index contributed by atoms with van der Waals surface area (Å²) >= 11 is 6.01. The minimum Gasteiger partial charge on any atom is -0.288 e. The molecule has 0 spiro atoms. The monoisotopic (exact) mass is 242 g/mol. The van der Waals surface area contributed by atoms with E-state index in [9.17, 15) is 4.79 Å². The van der Waals surface area contributed by atoms with Gasteiger partial charge in [-0.2, -0.15) is 0 Å². The predicted molar refractivity (Wildman–Crippen MR) is 71.0 cm³/mol. The number of benzene rings is 2. The number of carbonyl (C=O) groups is 1. The van der Waals surface area contributed by atoms with Gasteiger partial charge in [0.2, 0.25) is 5.78 Å². The number of Topliss-reactive ketones (excluding diaryl/α,β-unsaturated/α-hetero) is 1. The number of halogens is 1. The number of carbonyl (C=O) groups excluding carboxylic acids is 1. The van der Waals surface area contributed by atoms with Crippen molar-refractivity contribution in [2.45, 2.75) is 0 Å². The topological polar surface area (TPSA) is 17.1 Å². The minimum atomic E-state index is -0.156. The minimum absolute atomic E-state index is 0.156. The molecule has 0 radical (unpaired) electrons. The Morgan fingerprint density at radius 3 is 2.00 bits per heavy atom. The van der Waals surface area contributed by atoms with Gasteiger partial charge in [0.1, 0.15) is 0 Å². The van der Waals surface area contributed by atoms with Crippen LogP contribution in [-0.2, 0) is 0 Å². The first-order chi connectivity index (χ1) is 8.27. The standard InChI is InChI=1S/C15H11ClO/c16-14(11-12-7-3-1-4-8-12)15(17)13-9-5-2-6-10-13/h1-11H/b14-11+. The first-order valence-electron chi connectivity index (χ1n) is 5.29. The Morgan fingerprint density at radius 1 is 0.882 bits per heavy atom. The van der Waals surface area contributed by atoms with Crippen molar-refractivity contribution in [3.8, 4) is 0 Å². The highest BCUT2D eigenvalue weighted by molar-refractivity contribution is 6.47. The van der Waals surface area contributed by atoms with Gasteiger partial charge in [0.15, 0.2) is 0 Å². The zero-order valence-corrected chi connectivity index (χ0v) is 9.89. The van der Waals surface area contributed by atoms with Crippen molar-refractivity contribution in [1.29, 1.82) is 0 Å². The van der Waals surface area contributed by atoms with Crippen LogP contribution in [0.25, 0.3) is 6.08 Å². The lowest BCUT2D eigenvalue weighted by Crippen LogP contribution is -1.98. The maximum Gasteiger partial charge on any atom is 0.204 e. The highest BCUT2D eigenvalue weighted by Crippen LogP contribution is 2.15. The Balaban J connectivity index is 2.24. The number of hydrogen-bond acceptors (Lipinski definition) is 1. The van der Waals surface area contributed by atoms with Crippen LogP contribution < -0.4 is 0 Å². The molecule has 0 fully saturated rings. The van der Waals surface area contributed by atoms with Crippen molar-refractivity contribution in [3.63, 3.8) is 0 Å². The molecule has 2 aromatic carbocycles. The van der Waals surface area contributed by atoms with Gasteiger partial charge in [-0.15, -0.1) is 0 Å². The van der Waals surface area contributed by atoms with Gasteiger partial charge in [-0.05, 0) is 11.6 Å². The van der Waals surface area contributed by atoms with Gasteiger partial charge < -0.3 is 0 Å². The quantitative estimate of drug-likeness (QED) is 0.584. The Hall–Kier alpha value is -1.86. The third-order valence-electron chi connectivity index (χ3n) is 2.35. The van der Waals surface area contributed by atoms with Crippen molar-refractivity contribution in [3.05, 3.63) is 76.8 Å². The van der Waals surface area contributed by atoms with Gasteiger partial charge in [0.25, 0.3) is 0 Å². The summed E-state index contributed by atoms with van der Waals surface area (Å²) in [7, 11) is 0. The molecule has 0 bridgehead atoms. The van der Waals surface area contributed by atoms with E-state index in [1.165, 1.54) is 0 Å². The molecule has 2 heteroatoms. The van der Waals surface area contributed by atoms with E-state index in [0.717, 1.165) is 5.56 Å². The normalized spacial score (nSPS) is 11.2. The summed E-state index contributed by atoms with van der Waals surface area (Å²) in [6.45, 7) is 0. The summed E-state index contributed by atoms with van der Waals surface area (Å²) in [6, 6.07) is 18.6. The second kappa shape index (κ2) is 5.46. The summed E-state index contributed by atoms with van der Waals surface area (Å²) in [5.41, 5.74) is 1.52. The highest BCUT2D eigenvalue weighted by Gasteiger charge is 2.08. The third kappa shape index (κ3) is 3.05. The third-order valence-corrected chi connectivity index (χ3v) is 2.63. The smallest absolute Gasteiger partial charge is 0.204 e. The van der Waals surface area contributed by atoms with Crippen molar-refractivity contribution in [2.24, 2.45) is 0 Å². The van der Waals surface area contributed by atoms with Gasteiger partial charge in [0.05, 0.1) is 5.03 Å². The molecule has 0 saturated carbocycles. The second-order valence-electron chi connectivity index (χ2n) is 3.60. The van der Waals surface area contributed by atoms with Crippen LogP contribution in [0.1, 0.15) is 15.9 Å². The Bertz CT molecular complexity index is 529. The summed E-state index contributed by atoms with van der Waals surface area (Å²) in [6.07, 6.45) is 1.68. The maximum atomic E-state index is 11.9. The Kier molecular flexibility index (Phi) is 3.73. The summed E-state index contributed by atoms with van der Waals surface area (Å²) in [5, 5.41) is 0.224. The van der Waals surface area contributed by atoms with Crippen molar-refractivity contribution >= 4 is 23.5 Å². The fourth-order valence-electron chi connectivity index (χ4n) is 1.49. The zero-order chi connectivity index (χ0) is 12.1. The average molecular weight is 243 g/mol. The van der Waals surface area contributed by atoms with E-state index in [4.69, 9.17) is 11.6 Å². The molecule has 0 saturated heterocycles. The molecule has 0 N–H and O–H groups in total. The first-order valence-corrected chi connectivity index (χ1v) is 5.67. The van der Waals surface area contributed by atoms with E-state index in [2.05, 4.69) is 0 Å². The van der Waals surface area contributed by atoms with E-state index in [0.29, 0.717) is 5.56 Å². The fraction of sp³-hybridized carbons (Fsp3) is 0. The number of rotatable bonds is 3. The molecule has 0 amide bonds. The molecule has 0 aliphatic heterocycles. The summed E-state index contributed by atoms with van der Waals surface area (Å²) in [5.74, 6) is -0.156. The van der Waals surface area contributed by atoms with Crippen LogP contribution in [0.2, 0.25) is 0 Å². The molecular weight excluding hydrogens is 232 g/mol. The van der Waals surface area contributed by atoms with Crippen LogP contribution in [-0.4, -0.2) is 5.78 Å². The Morgan fingerprint density at radius 2 is 1.41 bits per heavy atom. The number of allylic oxidation sites excluding steroid dienone is 1. The lowest BCUT2D eigenvalue weighted by atomic mass is 10.1. The van der Waals surface area contributed by atoms with E-state index in [1.54, 1.807) is 18.2 Å². The lowest BCUT2D eigenvalue weighted by molar-refractivity contribution is 0.104. The molecule has 0 unspecified atom stereocenters. The molecule has 17 heavy (non-hydrogen) atoms. The van der Waals surface area contributed by atoms with Crippen LogP contribution in [0.3, 0.4) is 0 Å². The average Bonchev–Trinajstić information content (AvgIpc) is 2.40. The first kappa shape index (κ1) is 11.6. The number of ketones is 1. The van der Waals surface area contributed by atoms with Crippen molar-refractivity contribution in [2.75, 3.05) is 0 Å². The largest absolute Gasteiger partial charge is 0.288 e. The highest BCUT2D eigenvalue weighted by atomic mass is 35.5. The van der Waals surface area contributed by atoms with Crippen LogP contribution in [0.4, 0.5) is 0 Å².